The molecule has 0 unspecified atom stereocenters. The van der Waals surface area contributed by atoms with Gasteiger partial charge < -0.3 is 11.5 Å². The Morgan fingerprint density at radius 2 is 1.90 bits per heavy atom. The van der Waals surface area contributed by atoms with E-state index in [2.05, 4.69) is 4.72 Å². The Balaban J connectivity index is 2.89. The highest BCUT2D eigenvalue weighted by Crippen LogP contribution is 2.10. The first-order valence-corrected chi connectivity index (χ1v) is 7.66. The van der Waals surface area contributed by atoms with Crippen LogP contribution in [0.2, 0.25) is 0 Å². The number of benzene rings is 1. The van der Waals surface area contributed by atoms with Crippen LogP contribution in [0.1, 0.15) is 18.9 Å². The predicted molar refractivity (Wildman–Crippen MR) is 77.7 cm³/mol. The van der Waals surface area contributed by atoms with E-state index in [-0.39, 0.29) is 13.1 Å². The molecule has 112 valence electrons. The van der Waals surface area contributed by atoms with E-state index in [9.17, 15) is 13.2 Å². The van der Waals surface area contributed by atoms with Crippen molar-refractivity contribution in [2.75, 3.05) is 18.8 Å². The van der Waals surface area contributed by atoms with Gasteiger partial charge in [0.25, 0.3) is 10.2 Å². The van der Waals surface area contributed by atoms with Gasteiger partial charge in [-0.3, -0.25) is 4.79 Å². The van der Waals surface area contributed by atoms with Crippen LogP contribution in [-0.4, -0.2) is 31.7 Å². The number of anilines is 1. The largest absolute Gasteiger partial charge is 0.399 e. The van der Waals surface area contributed by atoms with Gasteiger partial charge in [0.05, 0.1) is 6.54 Å². The Labute approximate surface area is 119 Å². The molecule has 1 amide bonds. The molecule has 0 aliphatic carbocycles. The van der Waals surface area contributed by atoms with E-state index in [0.717, 1.165) is 9.87 Å². The van der Waals surface area contributed by atoms with Crippen LogP contribution in [0.5, 0.6) is 0 Å². The third kappa shape index (κ3) is 5.16. The lowest BCUT2D eigenvalue weighted by Crippen LogP contribution is -2.44. The van der Waals surface area contributed by atoms with Gasteiger partial charge in [0.2, 0.25) is 5.91 Å². The van der Waals surface area contributed by atoms with Crippen molar-refractivity contribution in [3.05, 3.63) is 29.8 Å². The summed E-state index contributed by atoms with van der Waals surface area (Å²) in [6.07, 6.45) is 0.658. The van der Waals surface area contributed by atoms with Crippen molar-refractivity contribution in [2.24, 2.45) is 5.73 Å². The van der Waals surface area contributed by atoms with Crippen LogP contribution in [0, 0.1) is 0 Å². The van der Waals surface area contributed by atoms with E-state index >= 15 is 0 Å². The minimum absolute atomic E-state index is 0.0578. The van der Waals surface area contributed by atoms with E-state index in [1.807, 2.05) is 6.92 Å². The quantitative estimate of drug-likeness (QED) is 0.576. The Bertz CT molecular complexity index is 542. The highest BCUT2D eigenvalue weighted by atomic mass is 32.2. The maximum atomic E-state index is 12.1. The lowest BCUT2D eigenvalue weighted by Gasteiger charge is -2.21. The molecule has 0 aliphatic heterocycles. The molecule has 5 N–H and O–H groups in total. The average Bonchev–Trinajstić information content (AvgIpc) is 2.38. The third-order valence-electron chi connectivity index (χ3n) is 2.55. The molecule has 0 fully saturated rings. The number of hydrogen-bond acceptors (Lipinski definition) is 4. The van der Waals surface area contributed by atoms with Crippen molar-refractivity contribution < 1.29 is 13.2 Å². The summed E-state index contributed by atoms with van der Waals surface area (Å²) in [5.41, 5.74) is 12.0. The number of rotatable bonds is 8. The molecule has 0 saturated heterocycles. The van der Waals surface area contributed by atoms with Gasteiger partial charge in [-0.1, -0.05) is 19.1 Å². The van der Waals surface area contributed by atoms with E-state index in [4.69, 9.17) is 11.5 Å². The second-order valence-corrected chi connectivity index (χ2v) is 6.13. The van der Waals surface area contributed by atoms with Crippen LogP contribution in [0.3, 0.4) is 0 Å². The summed E-state index contributed by atoms with van der Waals surface area (Å²) in [6.45, 7) is 1.84. The zero-order valence-electron chi connectivity index (χ0n) is 11.4. The minimum atomic E-state index is -3.74. The molecule has 0 bridgehead atoms. The van der Waals surface area contributed by atoms with Gasteiger partial charge in [-0.05, 0) is 24.1 Å². The highest BCUT2D eigenvalue weighted by molar-refractivity contribution is 7.87. The summed E-state index contributed by atoms with van der Waals surface area (Å²) in [4.78, 5) is 11.0. The van der Waals surface area contributed by atoms with Crippen molar-refractivity contribution in [1.29, 1.82) is 0 Å². The summed E-state index contributed by atoms with van der Waals surface area (Å²) < 4.78 is 27.6. The number of nitrogens with one attached hydrogen (secondary N) is 1. The second kappa shape index (κ2) is 7.22. The van der Waals surface area contributed by atoms with Gasteiger partial charge in [0.1, 0.15) is 0 Å². The Morgan fingerprint density at radius 1 is 1.30 bits per heavy atom. The fraction of sp³-hybridized carbons (Fsp3) is 0.417. The Hall–Kier alpha value is -1.64. The molecular weight excluding hydrogens is 280 g/mol. The molecule has 0 heterocycles. The molecule has 1 aromatic carbocycles. The topological polar surface area (TPSA) is 119 Å². The first-order valence-electron chi connectivity index (χ1n) is 6.22. The first-order chi connectivity index (χ1) is 9.35. The molecule has 7 nitrogen and oxygen atoms in total. The van der Waals surface area contributed by atoms with Gasteiger partial charge in [0.15, 0.2) is 0 Å². The third-order valence-corrected chi connectivity index (χ3v) is 4.05. The van der Waals surface area contributed by atoms with Gasteiger partial charge in [-0.2, -0.15) is 12.7 Å². The molecule has 0 spiro atoms. The summed E-state index contributed by atoms with van der Waals surface area (Å²) >= 11 is 0. The maximum absolute atomic E-state index is 12.1. The van der Waals surface area contributed by atoms with Crippen LogP contribution < -0.4 is 16.2 Å². The molecule has 20 heavy (non-hydrogen) atoms. The number of hydrogen-bond donors (Lipinski definition) is 3. The fourth-order valence-corrected chi connectivity index (χ4v) is 2.81. The SMILES string of the molecule is CCCNS(=O)(=O)N(CC(N)=O)Cc1ccc(N)cc1. The van der Waals surface area contributed by atoms with Crippen LogP contribution in [0.15, 0.2) is 24.3 Å². The number of nitrogens with two attached hydrogens (primary N) is 2. The molecule has 0 atom stereocenters. The summed E-state index contributed by atoms with van der Waals surface area (Å²) in [6, 6.07) is 6.76. The molecular formula is C12H20N4O3S. The second-order valence-electron chi connectivity index (χ2n) is 4.38. The summed E-state index contributed by atoms with van der Waals surface area (Å²) in [5.74, 6) is -0.706. The van der Waals surface area contributed by atoms with Crippen molar-refractivity contribution in [1.82, 2.24) is 9.03 Å². The van der Waals surface area contributed by atoms with E-state index in [1.165, 1.54) is 0 Å². The Kier molecular flexibility index (Phi) is 5.93. The van der Waals surface area contributed by atoms with Gasteiger partial charge in [0, 0.05) is 18.8 Å². The molecule has 1 rings (SSSR count). The molecule has 1 aromatic rings. The normalized spacial score (nSPS) is 11.7. The standard InChI is InChI=1S/C12H20N4O3S/c1-2-7-15-20(18,19)16(9-12(14)17)8-10-3-5-11(13)6-4-10/h3-6,15H,2,7-9,13H2,1H3,(H2,14,17). The number of carbonyl (C=O) groups is 1. The van der Waals surface area contributed by atoms with Crippen LogP contribution in [0.25, 0.3) is 0 Å². The lowest BCUT2D eigenvalue weighted by atomic mass is 10.2. The van der Waals surface area contributed by atoms with E-state index in [0.29, 0.717) is 18.7 Å². The number of nitrogens with zero attached hydrogens (tertiary/aromatic N) is 1. The van der Waals surface area contributed by atoms with Crippen LogP contribution in [-0.2, 0) is 21.5 Å². The zero-order valence-corrected chi connectivity index (χ0v) is 12.2. The Morgan fingerprint density at radius 3 is 2.40 bits per heavy atom. The van der Waals surface area contributed by atoms with Crippen LogP contribution >= 0.6 is 0 Å². The molecule has 0 saturated carbocycles. The zero-order chi connectivity index (χ0) is 15.2. The molecule has 0 radical (unpaired) electrons. The van der Waals surface area contributed by atoms with Crippen LogP contribution in [0.4, 0.5) is 5.69 Å². The fourth-order valence-electron chi connectivity index (χ4n) is 1.55. The smallest absolute Gasteiger partial charge is 0.280 e. The van der Waals surface area contributed by atoms with Crippen molar-refractivity contribution in [3.8, 4) is 0 Å². The molecule has 0 aliphatic rings. The number of amides is 1. The van der Waals surface area contributed by atoms with E-state index < -0.39 is 16.1 Å². The summed E-state index contributed by atoms with van der Waals surface area (Å²) in [5, 5.41) is 0. The molecule has 0 aromatic heterocycles. The predicted octanol–water partition coefficient (Wildman–Crippen LogP) is -0.199. The van der Waals surface area contributed by atoms with Gasteiger partial charge in [-0.15, -0.1) is 0 Å². The number of nitrogen functional groups attached to an aromatic ring is 1. The lowest BCUT2D eigenvalue weighted by molar-refractivity contribution is -0.118. The van der Waals surface area contributed by atoms with Crippen molar-refractivity contribution in [2.45, 2.75) is 19.9 Å². The first kappa shape index (κ1) is 16.4. The van der Waals surface area contributed by atoms with Crippen molar-refractivity contribution >= 4 is 21.8 Å². The van der Waals surface area contributed by atoms with Gasteiger partial charge in [-0.25, -0.2) is 4.72 Å². The summed E-state index contributed by atoms with van der Waals surface area (Å²) in [7, 11) is -3.74. The monoisotopic (exact) mass is 300 g/mol. The highest BCUT2D eigenvalue weighted by Gasteiger charge is 2.23. The average molecular weight is 300 g/mol. The number of carbonyl (C=O) groups excluding carboxylic acids is 1. The van der Waals surface area contributed by atoms with E-state index in [1.54, 1.807) is 24.3 Å². The minimum Gasteiger partial charge on any atom is -0.399 e. The molecule has 8 heteroatoms. The maximum Gasteiger partial charge on any atom is 0.280 e. The van der Waals surface area contributed by atoms with Crippen molar-refractivity contribution in [3.63, 3.8) is 0 Å². The number of primary amides is 1. The van der Waals surface area contributed by atoms with Gasteiger partial charge >= 0.3 is 0 Å².